The molecule has 1 aliphatic carbocycles. The standard InChI is InChI=1S/C47H32N2O/c1-29-10-8-17-38-46-42(49(47(29)38)32-22-20-31(21-23-32)35-16-9-12-30-11-2-3-13-34(30)35)26-25-41-45(46)37-15-4-6-18-40(37)48(41)33-24-27-44-39(28-33)36-14-5-7-19-43(36)50-44/h2-9,11-29H,10H2,1H3. The third kappa shape index (κ3) is 3.80. The molecule has 1 atom stereocenters. The van der Waals surface area contributed by atoms with Crippen LogP contribution in [0.5, 0.6) is 0 Å². The van der Waals surface area contributed by atoms with E-state index in [-0.39, 0.29) is 0 Å². The molecule has 0 spiro atoms. The van der Waals surface area contributed by atoms with E-state index >= 15 is 0 Å². The van der Waals surface area contributed by atoms with Crippen molar-refractivity contribution in [3.05, 3.63) is 163 Å². The Balaban J connectivity index is 1.16. The maximum absolute atomic E-state index is 6.21. The fourth-order valence-corrected chi connectivity index (χ4v) is 8.72. The van der Waals surface area contributed by atoms with Gasteiger partial charge in [-0.15, -0.1) is 0 Å². The maximum atomic E-state index is 6.21. The summed E-state index contributed by atoms with van der Waals surface area (Å²) in [5.74, 6) is 0.389. The van der Waals surface area contributed by atoms with Gasteiger partial charge in [-0.05, 0) is 82.9 Å². The Bertz CT molecular complexity index is 3020. The molecule has 7 aromatic carbocycles. The van der Waals surface area contributed by atoms with E-state index in [4.69, 9.17) is 4.42 Å². The molecule has 0 saturated heterocycles. The minimum absolute atomic E-state index is 0.389. The van der Waals surface area contributed by atoms with Crippen LogP contribution in [0.4, 0.5) is 0 Å². The van der Waals surface area contributed by atoms with E-state index < -0.39 is 0 Å². The molecule has 10 aromatic rings. The summed E-state index contributed by atoms with van der Waals surface area (Å²) in [6, 6.07) is 52.9. The quantitative estimate of drug-likeness (QED) is 0.188. The average Bonchev–Trinajstić information content (AvgIpc) is 3.82. The highest BCUT2D eigenvalue weighted by Crippen LogP contribution is 2.46. The third-order valence-electron chi connectivity index (χ3n) is 10.9. The monoisotopic (exact) mass is 640 g/mol. The molecule has 3 heterocycles. The lowest BCUT2D eigenvalue weighted by Gasteiger charge is -2.19. The second kappa shape index (κ2) is 10.3. The molecule has 236 valence electrons. The lowest BCUT2D eigenvalue weighted by Crippen LogP contribution is -2.06. The molecule has 1 unspecified atom stereocenters. The zero-order valence-corrected chi connectivity index (χ0v) is 27.6. The average molecular weight is 641 g/mol. The third-order valence-corrected chi connectivity index (χ3v) is 10.9. The van der Waals surface area contributed by atoms with Crippen LogP contribution in [0.3, 0.4) is 0 Å². The van der Waals surface area contributed by atoms with Crippen molar-refractivity contribution in [1.29, 1.82) is 0 Å². The summed E-state index contributed by atoms with van der Waals surface area (Å²) in [6.45, 7) is 2.37. The predicted octanol–water partition coefficient (Wildman–Crippen LogP) is 13.0. The lowest BCUT2D eigenvalue weighted by atomic mass is 9.92. The van der Waals surface area contributed by atoms with Crippen molar-refractivity contribution in [3.8, 4) is 22.5 Å². The molecule has 0 aliphatic heterocycles. The number of furan rings is 1. The Morgan fingerprint density at radius 2 is 1.24 bits per heavy atom. The molecule has 3 aromatic heterocycles. The highest BCUT2D eigenvalue weighted by Gasteiger charge is 2.27. The Morgan fingerprint density at radius 3 is 2.12 bits per heavy atom. The van der Waals surface area contributed by atoms with Gasteiger partial charge in [0, 0.05) is 55.5 Å². The van der Waals surface area contributed by atoms with Gasteiger partial charge >= 0.3 is 0 Å². The molecule has 11 rings (SSSR count). The van der Waals surface area contributed by atoms with E-state index in [0.29, 0.717) is 5.92 Å². The highest BCUT2D eigenvalue weighted by atomic mass is 16.3. The van der Waals surface area contributed by atoms with Crippen LogP contribution < -0.4 is 0 Å². The van der Waals surface area contributed by atoms with Gasteiger partial charge in [0.05, 0.1) is 16.6 Å². The molecule has 3 nitrogen and oxygen atoms in total. The van der Waals surface area contributed by atoms with Crippen LogP contribution >= 0.6 is 0 Å². The van der Waals surface area contributed by atoms with Gasteiger partial charge in [0.1, 0.15) is 11.2 Å². The van der Waals surface area contributed by atoms with Crippen LogP contribution in [0.15, 0.2) is 156 Å². The first-order valence-electron chi connectivity index (χ1n) is 17.5. The number of rotatable bonds is 3. The molecule has 0 saturated carbocycles. The van der Waals surface area contributed by atoms with Crippen LogP contribution in [0.25, 0.3) is 94.0 Å². The Labute approximate surface area is 288 Å². The summed E-state index contributed by atoms with van der Waals surface area (Å²) in [6.07, 6.45) is 5.76. The van der Waals surface area contributed by atoms with Crippen molar-refractivity contribution in [1.82, 2.24) is 9.13 Å². The van der Waals surface area contributed by atoms with E-state index in [1.165, 1.54) is 71.6 Å². The molecule has 0 amide bonds. The summed E-state index contributed by atoms with van der Waals surface area (Å²) >= 11 is 0. The molecular formula is C47H32N2O. The largest absolute Gasteiger partial charge is 0.456 e. The maximum Gasteiger partial charge on any atom is 0.135 e. The molecule has 3 heteroatoms. The van der Waals surface area contributed by atoms with Gasteiger partial charge in [0.2, 0.25) is 0 Å². The summed E-state index contributed by atoms with van der Waals surface area (Å²) in [4.78, 5) is 0. The van der Waals surface area contributed by atoms with Gasteiger partial charge < -0.3 is 13.6 Å². The first-order chi connectivity index (χ1) is 24.7. The van der Waals surface area contributed by atoms with Gasteiger partial charge in [-0.3, -0.25) is 0 Å². The van der Waals surface area contributed by atoms with Gasteiger partial charge in [-0.25, -0.2) is 0 Å². The SMILES string of the molecule is CC1CC=Cc2c1n(-c1ccc(-c3cccc4ccccc34)cc1)c1ccc3c(c4ccccc4n3-c3ccc4oc5ccccc5c4c3)c21. The Morgan fingerprint density at radius 1 is 0.540 bits per heavy atom. The normalized spacial score (nSPS) is 14.5. The number of para-hydroxylation sites is 2. The number of allylic oxidation sites excluding steroid dienone is 1. The van der Waals surface area contributed by atoms with Crippen molar-refractivity contribution < 1.29 is 4.42 Å². The Kier molecular flexibility index (Phi) is 5.71. The summed E-state index contributed by atoms with van der Waals surface area (Å²) < 4.78 is 11.2. The summed E-state index contributed by atoms with van der Waals surface area (Å²) in [7, 11) is 0. The summed E-state index contributed by atoms with van der Waals surface area (Å²) in [5.41, 5.74) is 13.0. The van der Waals surface area contributed by atoms with Crippen LogP contribution in [0, 0.1) is 0 Å². The van der Waals surface area contributed by atoms with Crippen molar-refractivity contribution in [2.75, 3.05) is 0 Å². The topological polar surface area (TPSA) is 23.0 Å². The molecule has 0 N–H and O–H groups in total. The number of nitrogens with zero attached hydrogens (tertiary/aromatic N) is 2. The van der Waals surface area contributed by atoms with Gasteiger partial charge in [-0.2, -0.15) is 0 Å². The van der Waals surface area contributed by atoms with E-state index in [2.05, 4.69) is 162 Å². The lowest BCUT2D eigenvalue weighted by molar-refractivity contribution is 0.669. The minimum Gasteiger partial charge on any atom is -0.456 e. The van der Waals surface area contributed by atoms with E-state index in [1.807, 2.05) is 12.1 Å². The number of hydrogen-bond acceptors (Lipinski definition) is 1. The van der Waals surface area contributed by atoms with E-state index in [9.17, 15) is 0 Å². The van der Waals surface area contributed by atoms with E-state index in [1.54, 1.807) is 0 Å². The molecule has 1 aliphatic rings. The molecule has 50 heavy (non-hydrogen) atoms. The smallest absolute Gasteiger partial charge is 0.135 e. The molecule has 0 fully saturated rings. The Hall–Kier alpha value is -6.32. The molecule has 0 bridgehead atoms. The number of fused-ring (bicyclic) bond motifs is 11. The van der Waals surface area contributed by atoms with Crippen molar-refractivity contribution in [2.45, 2.75) is 19.3 Å². The molecular weight excluding hydrogens is 609 g/mol. The van der Waals surface area contributed by atoms with E-state index in [0.717, 1.165) is 34.0 Å². The van der Waals surface area contributed by atoms with Crippen molar-refractivity contribution in [2.24, 2.45) is 0 Å². The van der Waals surface area contributed by atoms with Crippen molar-refractivity contribution in [3.63, 3.8) is 0 Å². The van der Waals surface area contributed by atoms with Crippen LogP contribution in [0.2, 0.25) is 0 Å². The van der Waals surface area contributed by atoms with Crippen molar-refractivity contribution >= 4 is 71.5 Å². The number of hydrogen-bond donors (Lipinski definition) is 0. The van der Waals surface area contributed by atoms with Gasteiger partial charge in [0.25, 0.3) is 0 Å². The van der Waals surface area contributed by atoms with Gasteiger partial charge in [0.15, 0.2) is 0 Å². The van der Waals surface area contributed by atoms with Crippen LogP contribution in [-0.4, -0.2) is 9.13 Å². The molecule has 0 radical (unpaired) electrons. The zero-order chi connectivity index (χ0) is 32.9. The van der Waals surface area contributed by atoms with Crippen LogP contribution in [0.1, 0.15) is 30.5 Å². The predicted molar refractivity (Wildman–Crippen MR) is 210 cm³/mol. The second-order valence-electron chi connectivity index (χ2n) is 13.7. The van der Waals surface area contributed by atoms with Gasteiger partial charge in [-0.1, -0.05) is 110 Å². The highest BCUT2D eigenvalue weighted by molar-refractivity contribution is 6.24. The number of benzene rings is 7. The zero-order valence-electron chi connectivity index (χ0n) is 27.6. The summed E-state index contributed by atoms with van der Waals surface area (Å²) in [5, 5.41) is 8.72. The fourth-order valence-electron chi connectivity index (χ4n) is 8.72. The first-order valence-corrected chi connectivity index (χ1v) is 17.5. The number of aromatic nitrogens is 2. The minimum atomic E-state index is 0.389. The van der Waals surface area contributed by atoms with Crippen LogP contribution in [-0.2, 0) is 0 Å². The fraction of sp³-hybridized carbons (Fsp3) is 0.0638. The first kappa shape index (κ1) is 27.6. The second-order valence-corrected chi connectivity index (χ2v) is 13.7.